The van der Waals surface area contributed by atoms with Crippen LogP contribution in [0.4, 0.5) is 14.5 Å². The van der Waals surface area contributed by atoms with Crippen molar-refractivity contribution < 1.29 is 22.0 Å². The van der Waals surface area contributed by atoms with E-state index in [0.29, 0.717) is 9.87 Å². The largest absolute Gasteiger partial charge is 0.271 e. The number of rotatable bonds is 7. The molecule has 0 aliphatic heterocycles. The second-order valence-corrected chi connectivity index (χ2v) is 8.48. The van der Waals surface area contributed by atoms with Crippen LogP contribution in [0.25, 0.3) is 0 Å². The quantitative estimate of drug-likeness (QED) is 0.448. The van der Waals surface area contributed by atoms with Gasteiger partial charge in [-0.3, -0.25) is 9.10 Å². The minimum atomic E-state index is -4.23. The molecule has 9 heteroatoms. The van der Waals surface area contributed by atoms with Crippen LogP contribution in [-0.4, -0.2) is 27.1 Å². The Morgan fingerprint density at radius 1 is 1.00 bits per heavy atom. The molecule has 160 valence electrons. The second kappa shape index (κ2) is 9.48. The monoisotopic (exact) mass is 443 g/mol. The van der Waals surface area contributed by atoms with Crippen LogP contribution in [0, 0.1) is 18.6 Å². The summed E-state index contributed by atoms with van der Waals surface area (Å²) in [5, 5.41) is 3.74. The number of carbonyl (C=O) groups excluding carboxylic acids is 1. The third-order valence-electron chi connectivity index (χ3n) is 4.29. The summed E-state index contributed by atoms with van der Waals surface area (Å²) in [7, 11) is -4.23. The lowest BCUT2D eigenvalue weighted by atomic mass is 10.2. The number of nitrogens with zero attached hydrogens (tertiary/aromatic N) is 2. The van der Waals surface area contributed by atoms with Crippen molar-refractivity contribution in [2.24, 2.45) is 5.10 Å². The first-order valence-electron chi connectivity index (χ1n) is 9.19. The van der Waals surface area contributed by atoms with Crippen molar-refractivity contribution in [3.05, 3.63) is 95.6 Å². The molecule has 3 aromatic carbocycles. The molecule has 31 heavy (non-hydrogen) atoms. The molecular weight excluding hydrogens is 424 g/mol. The Morgan fingerprint density at radius 2 is 1.65 bits per heavy atom. The first-order valence-corrected chi connectivity index (χ1v) is 10.6. The number of hydrazone groups is 1. The summed E-state index contributed by atoms with van der Waals surface area (Å²) in [5.74, 6) is -1.99. The SMILES string of the molecule is Cc1ccc(S(=O)(=O)N(CC(=O)N/N=C\c2ccc(F)cc2)c2ccccc2F)cc1. The molecule has 0 unspecified atom stereocenters. The number of hydrogen-bond acceptors (Lipinski definition) is 4. The number of carbonyl (C=O) groups is 1. The number of aryl methyl sites for hydroxylation is 1. The molecule has 0 spiro atoms. The van der Waals surface area contributed by atoms with E-state index < -0.39 is 34.1 Å². The minimum absolute atomic E-state index is 0.0797. The van der Waals surface area contributed by atoms with E-state index in [1.807, 2.05) is 0 Å². The predicted octanol–water partition coefficient (Wildman–Crippen LogP) is 3.62. The molecule has 3 aromatic rings. The molecule has 0 bridgehead atoms. The number of anilines is 1. The Bertz CT molecular complexity index is 1200. The third kappa shape index (κ3) is 5.52. The highest BCUT2D eigenvalue weighted by Gasteiger charge is 2.29. The first-order chi connectivity index (χ1) is 14.8. The number of para-hydroxylation sites is 1. The normalized spacial score (nSPS) is 11.5. The van der Waals surface area contributed by atoms with Crippen LogP contribution in [-0.2, 0) is 14.8 Å². The maximum Gasteiger partial charge on any atom is 0.264 e. The van der Waals surface area contributed by atoms with Gasteiger partial charge in [0.15, 0.2) is 0 Å². The average Bonchev–Trinajstić information content (AvgIpc) is 2.74. The Labute approximate surface area is 178 Å². The van der Waals surface area contributed by atoms with Gasteiger partial charge in [0.05, 0.1) is 16.8 Å². The highest BCUT2D eigenvalue weighted by molar-refractivity contribution is 7.92. The van der Waals surface area contributed by atoms with Crippen molar-refractivity contribution in [3.63, 3.8) is 0 Å². The van der Waals surface area contributed by atoms with E-state index in [0.717, 1.165) is 11.6 Å². The van der Waals surface area contributed by atoms with Crippen LogP contribution in [0.1, 0.15) is 11.1 Å². The molecule has 0 aromatic heterocycles. The van der Waals surface area contributed by atoms with Crippen molar-refractivity contribution >= 4 is 27.8 Å². The third-order valence-corrected chi connectivity index (χ3v) is 6.06. The van der Waals surface area contributed by atoms with Gasteiger partial charge in [0.1, 0.15) is 18.2 Å². The maximum atomic E-state index is 14.4. The maximum absolute atomic E-state index is 14.4. The van der Waals surface area contributed by atoms with Crippen molar-refractivity contribution in [3.8, 4) is 0 Å². The molecule has 0 fully saturated rings. The van der Waals surface area contributed by atoms with Gasteiger partial charge in [-0.1, -0.05) is 42.0 Å². The fraction of sp³-hybridized carbons (Fsp3) is 0.0909. The van der Waals surface area contributed by atoms with Crippen molar-refractivity contribution in [2.45, 2.75) is 11.8 Å². The second-order valence-electron chi connectivity index (χ2n) is 6.62. The Hall–Kier alpha value is -3.59. The highest BCUT2D eigenvalue weighted by atomic mass is 32.2. The highest BCUT2D eigenvalue weighted by Crippen LogP contribution is 2.26. The van der Waals surface area contributed by atoms with Gasteiger partial charge in [-0.25, -0.2) is 22.6 Å². The van der Waals surface area contributed by atoms with Crippen LogP contribution >= 0.6 is 0 Å². The van der Waals surface area contributed by atoms with Crippen LogP contribution in [0.5, 0.6) is 0 Å². The zero-order valence-corrected chi connectivity index (χ0v) is 17.3. The van der Waals surface area contributed by atoms with Crippen LogP contribution in [0.2, 0.25) is 0 Å². The number of halogens is 2. The number of sulfonamides is 1. The molecule has 3 rings (SSSR count). The minimum Gasteiger partial charge on any atom is -0.271 e. The Morgan fingerprint density at radius 3 is 2.29 bits per heavy atom. The molecule has 0 atom stereocenters. The van der Waals surface area contributed by atoms with Crippen molar-refractivity contribution in [1.82, 2.24) is 5.43 Å². The molecule has 0 radical (unpaired) electrons. The fourth-order valence-corrected chi connectivity index (χ4v) is 4.11. The molecule has 1 N–H and O–H groups in total. The predicted molar refractivity (Wildman–Crippen MR) is 114 cm³/mol. The molecule has 1 amide bonds. The summed E-state index contributed by atoms with van der Waals surface area (Å²) in [4.78, 5) is 12.3. The average molecular weight is 443 g/mol. The number of nitrogens with one attached hydrogen (secondary N) is 1. The van der Waals surface area contributed by atoms with E-state index in [-0.39, 0.29) is 10.6 Å². The summed E-state index contributed by atoms with van der Waals surface area (Å²) in [5.41, 5.74) is 3.32. The van der Waals surface area contributed by atoms with E-state index in [1.165, 1.54) is 60.8 Å². The van der Waals surface area contributed by atoms with Gasteiger partial charge in [-0.15, -0.1) is 0 Å². The van der Waals surface area contributed by atoms with E-state index in [1.54, 1.807) is 19.1 Å². The van der Waals surface area contributed by atoms with Crippen LogP contribution in [0.3, 0.4) is 0 Å². The lowest BCUT2D eigenvalue weighted by molar-refractivity contribution is -0.119. The zero-order chi connectivity index (χ0) is 22.4. The van der Waals surface area contributed by atoms with Gasteiger partial charge < -0.3 is 0 Å². The molecule has 0 aliphatic rings. The molecule has 6 nitrogen and oxygen atoms in total. The number of benzene rings is 3. The van der Waals surface area contributed by atoms with Gasteiger partial charge in [0, 0.05) is 0 Å². The fourth-order valence-electron chi connectivity index (χ4n) is 2.68. The molecule has 0 saturated carbocycles. The molecular formula is C22H19F2N3O3S. The summed E-state index contributed by atoms with van der Waals surface area (Å²) >= 11 is 0. The van der Waals surface area contributed by atoms with Crippen LogP contribution < -0.4 is 9.73 Å². The summed E-state index contributed by atoms with van der Waals surface area (Å²) in [6, 6.07) is 16.7. The van der Waals surface area contributed by atoms with Crippen LogP contribution in [0.15, 0.2) is 82.8 Å². The lowest BCUT2D eigenvalue weighted by Gasteiger charge is -2.24. The summed E-state index contributed by atoms with van der Waals surface area (Å²) in [6.07, 6.45) is 1.28. The van der Waals surface area contributed by atoms with Gasteiger partial charge in [-0.05, 0) is 48.9 Å². The van der Waals surface area contributed by atoms with Crippen molar-refractivity contribution in [1.29, 1.82) is 0 Å². The Balaban J connectivity index is 1.85. The van der Waals surface area contributed by atoms with Gasteiger partial charge >= 0.3 is 0 Å². The standard InChI is InChI=1S/C22H19F2N3O3S/c1-16-6-12-19(13-7-16)31(29,30)27(21-5-3-2-4-20(21)24)15-22(28)26-25-14-17-8-10-18(23)11-9-17/h2-14H,15H2,1H3,(H,26,28)/b25-14-. The molecule has 0 aliphatic carbocycles. The summed E-state index contributed by atoms with van der Waals surface area (Å²) < 4.78 is 54.4. The van der Waals surface area contributed by atoms with Gasteiger partial charge in [-0.2, -0.15) is 5.10 Å². The van der Waals surface area contributed by atoms with E-state index in [2.05, 4.69) is 10.5 Å². The molecule has 0 heterocycles. The van der Waals surface area contributed by atoms with Gasteiger partial charge in [0.25, 0.3) is 15.9 Å². The zero-order valence-electron chi connectivity index (χ0n) is 16.5. The summed E-state index contributed by atoms with van der Waals surface area (Å²) in [6.45, 7) is 1.11. The van der Waals surface area contributed by atoms with E-state index in [4.69, 9.17) is 0 Å². The number of hydrogen-bond donors (Lipinski definition) is 1. The number of amides is 1. The van der Waals surface area contributed by atoms with Crippen molar-refractivity contribution in [2.75, 3.05) is 10.8 Å². The smallest absolute Gasteiger partial charge is 0.264 e. The van der Waals surface area contributed by atoms with E-state index >= 15 is 0 Å². The topological polar surface area (TPSA) is 78.8 Å². The molecule has 0 saturated heterocycles. The van der Waals surface area contributed by atoms with Gasteiger partial charge in [0.2, 0.25) is 0 Å². The first kappa shape index (κ1) is 22.1. The lowest BCUT2D eigenvalue weighted by Crippen LogP contribution is -2.40. The Kier molecular flexibility index (Phi) is 6.76. The van der Waals surface area contributed by atoms with E-state index in [9.17, 15) is 22.0 Å².